The predicted molar refractivity (Wildman–Crippen MR) is 258 cm³/mol. The number of hydrogen-bond donors (Lipinski definition) is 0. The number of hydrogen-bond acceptors (Lipinski definition) is 9. The number of aryl methyl sites for hydroxylation is 1. The Bertz CT molecular complexity index is 3860. The summed E-state index contributed by atoms with van der Waals surface area (Å²) in [5.41, 5.74) is 11.9. The highest BCUT2D eigenvalue weighted by Crippen LogP contribution is 2.47. The van der Waals surface area contributed by atoms with Crippen molar-refractivity contribution in [1.29, 1.82) is 0 Å². The second-order valence-electron chi connectivity index (χ2n) is 16.9. The van der Waals surface area contributed by atoms with Crippen LogP contribution in [0.1, 0.15) is 48.5 Å². The first-order valence-electron chi connectivity index (χ1n) is 21.9. The van der Waals surface area contributed by atoms with Gasteiger partial charge < -0.3 is 32.5 Å². The van der Waals surface area contributed by atoms with Gasteiger partial charge in [-0.15, -0.1) is 0 Å². The van der Waals surface area contributed by atoms with E-state index in [4.69, 9.17) is 28.1 Å². The van der Waals surface area contributed by atoms with Crippen molar-refractivity contribution in [1.82, 2.24) is 4.40 Å². The van der Waals surface area contributed by atoms with Gasteiger partial charge in [0.2, 0.25) is 0 Å². The molecule has 0 aliphatic heterocycles. The summed E-state index contributed by atoms with van der Waals surface area (Å²) in [6.45, 7) is 1.89. The molecule has 0 atom stereocenters. The highest BCUT2D eigenvalue weighted by Gasteiger charge is 2.29. The summed E-state index contributed by atoms with van der Waals surface area (Å²) in [5.74, 6) is 0.791. The van der Waals surface area contributed by atoms with Crippen molar-refractivity contribution >= 4 is 50.1 Å². The third kappa shape index (κ3) is 6.13. The number of ether oxygens (including phenoxy) is 5. The van der Waals surface area contributed by atoms with Crippen LogP contribution < -0.4 is 29.3 Å². The van der Waals surface area contributed by atoms with Gasteiger partial charge in [0, 0.05) is 39.5 Å². The van der Waals surface area contributed by atoms with E-state index in [2.05, 4.69) is 18.2 Å². The maximum atomic E-state index is 14.5. The highest BCUT2D eigenvalue weighted by molar-refractivity contribution is 6.22. The number of carbonyl (C=O) groups is 2. The molecule has 326 valence electrons. The van der Waals surface area contributed by atoms with E-state index in [9.17, 15) is 14.4 Å². The molecule has 10 nitrogen and oxygen atoms in total. The molecule has 0 spiro atoms. The monoisotopic (exact) mass is 881 g/mol. The molecule has 67 heavy (non-hydrogen) atoms. The Morgan fingerprint density at radius 2 is 1.19 bits per heavy atom. The lowest BCUT2D eigenvalue weighted by Gasteiger charge is -2.14. The standard InChI is InChI=1S/C57H39NO9/c1-30-23-35(19-20-44(30)65-55(59)39-17-10-16-38-36-14-7-5-12-32(36)25-42(38)39)51-52-43-28-48(64-4)49(67-56(60)40-18-9-13-34-24-31-11-6-8-15-37(31)50(34)40)29-45(43)66-57(61)54(52)58-22-21-33-26-46(62-2)47(63-3)27-41(33)53(51)58/h5-23,26-29H,24-25H2,1-4H3. The molecule has 0 radical (unpaired) electrons. The average molecular weight is 882 g/mol. The largest absolute Gasteiger partial charge is 0.493 e. The molecule has 10 heteroatoms. The van der Waals surface area contributed by atoms with Crippen molar-refractivity contribution in [2.75, 3.05) is 21.3 Å². The molecule has 3 heterocycles. The molecule has 0 saturated carbocycles. The van der Waals surface area contributed by atoms with E-state index in [1.165, 1.54) is 18.7 Å². The average Bonchev–Trinajstić information content (AvgIpc) is 4.04. The van der Waals surface area contributed by atoms with Gasteiger partial charge in [-0.25, -0.2) is 14.4 Å². The van der Waals surface area contributed by atoms with E-state index >= 15 is 0 Å². The van der Waals surface area contributed by atoms with Crippen LogP contribution in [0, 0.1) is 6.92 Å². The summed E-state index contributed by atoms with van der Waals surface area (Å²) < 4.78 is 37.7. The fourth-order valence-electron chi connectivity index (χ4n) is 10.3. The lowest BCUT2D eigenvalue weighted by Crippen LogP contribution is -2.12. The van der Waals surface area contributed by atoms with Gasteiger partial charge >= 0.3 is 17.6 Å². The number of nitrogens with zero attached hydrogens (tertiary/aromatic N) is 1. The van der Waals surface area contributed by atoms with E-state index in [1.54, 1.807) is 32.4 Å². The Morgan fingerprint density at radius 3 is 1.99 bits per heavy atom. The first-order valence-corrected chi connectivity index (χ1v) is 21.9. The maximum absolute atomic E-state index is 14.5. The minimum atomic E-state index is -0.608. The van der Waals surface area contributed by atoms with Crippen molar-refractivity contribution < 1.29 is 37.7 Å². The number of benzene rings is 7. The zero-order valence-corrected chi connectivity index (χ0v) is 36.8. The summed E-state index contributed by atoms with van der Waals surface area (Å²) >= 11 is 0. The van der Waals surface area contributed by atoms with Gasteiger partial charge in [-0.3, -0.25) is 0 Å². The van der Waals surface area contributed by atoms with Crippen LogP contribution in [0.2, 0.25) is 0 Å². The molecular formula is C57H39NO9. The maximum Gasteiger partial charge on any atom is 0.361 e. The Kier molecular flexibility index (Phi) is 9.08. The van der Waals surface area contributed by atoms with Crippen molar-refractivity contribution in [2.45, 2.75) is 19.8 Å². The minimum absolute atomic E-state index is 0.0916. The Balaban J connectivity index is 1.01. The first-order chi connectivity index (χ1) is 32.7. The number of fused-ring (bicyclic) bond motifs is 13. The van der Waals surface area contributed by atoms with Crippen LogP contribution in [0.4, 0.5) is 0 Å². The number of carbonyl (C=O) groups excluding carboxylic acids is 2. The molecule has 0 unspecified atom stereocenters. The van der Waals surface area contributed by atoms with Gasteiger partial charge in [-0.1, -0.05) is 78.9 Å². The Morgan fingerprint density at radius 1 is 0.552 bits per heavy atom. The van der Waals surface area contributed by atoms with Crippen LogP contribution >= 0.6 is 0 Å². The van der Waals surface area contributed by atoms with Crippen LogP contribution in [-0.4, -0.2) is 37.7 Å². The molecular weight excluding hydrogens is 843 g/mol. The lowest BCUT2D eigenvalue weighted by atomic mass is 9.96. The van der Waals surface area contributed by atoms with Gasteiger partial charge in [-0.05, 0) is 124 Å². The Hall–Kier alpha value is -8.63. The zero-order valence-electron chi connectivity index (χ0n) is 36.8. The molecule has 2 aliphatic carbocycles. The number of esters is 2. The van der Waals surface area contributed by atoms with Crippen molar-refractivity contribution in [3.05, 3.63) is 189 Å². The molecule has 0 fully saturated rings. The van der Waals surface area contributed by atoms with Crippen LogP contribution in [0.15, 0.2) is 149 Å². The Labute approximate surface area is 383 Å². The summed E-state index contributed by atoms with van der Waals surface area (Å²) in [7, 11) is 4.66. The summed E-state index contributed by atoms with van der Waals surface area (Å²) in [4.78, 5) is 42.6. The van der Waals surface area contributed by atoms with Gasteiger partial charge in [-0.2, -0.15) is 0 Å². The lowest BCUT2D eigenvalue weighted by molar-refractivity contribution is 0.0722. The van der Waals surface area contributed by atoms with Crippen LogP contribution in [0.5, 0.6) is 28.7 Å². The number of aromatic nitrogens is 1. The van der Waals surface area contributed by atoms with Gasteiger partial charge in [0.15, 0.2) is 23.0 Å². The topological polar surface area (TPSA) is 115 Å². The minimum Gasteiger partial charge on any atom is -0.493 e. The third-order valence-corrected chi connectivity index (χ3v) is 13.3. The summed E-state index contributed by atoms with van der Waals surface area (Å²) in [5, 5.41) is 2.73. The van der Waals surface area contributed by atoms with Crippen LogP contribution in [0.25, 0.3) is 71.5 Å². The van der Waals surface area contributed by atoms with Crippen molar-refractivity contribution in [3.8, 4) is 62.1 Å². The van der Waals surface area contributed by atoms with Gasteiger partial charge in [0.25, 0.3) is 0 Å². The van der Waals surface area contributed by atoms with Crippen LogP contribution in [-0.2, 0) is 12.8 Å². The van der Waals surface area contributed by atoms with Crippen LogP contribution in [0.3, 0.4) is 0 Å². The highest BCUT2D eigenvalue weighted by atomic mass is 16.6. The number of methoxy groups -OCH3 is 3. The molecule has 0 saturated heterocycles. The van der Waals surface area contributed by atoms with Crippen molar-refractivity contribution in [3.63, 3.8) is 0 Å². The van der Waals surface area contributed by atoms with E-state index < -0.39 is 17.6 Å². The first kappa shape index (κ1) is 39.9. The molecule has 12 rings (SSSR count). The molecule has 2 aliphatic rings. The number of pyridine rings is 1. The van der Waals surface area contributed by atoms with E-state index in [0.717, 1.165) is 61.7 Å². The van der Waals surface area contributed by atoms with E-state index in [-0.39, 0.29) is 22.6 Å². The quantitative estimate of drug-likeness (QED) is 0.0835. The molecule has 0 amide bonds. The fraction of sp³-hybridized carbons (Fsp3) is 0.105. The van der Waals surface area contributed by atoms with Gasteiger partial charge in [0.1, 0.15) is 16.8 Å². The van der Waals surface area contributed by atoms with Gasteiger partial charge in [0.05, 0.1) is 38.0 Å². The van der Waals surface area contributed by atoms with E-state index in [1.807, 2.05) is 109 Å². The molecule has 3 aromatic heterocycles. The molecule has 0 bridgehead atoms. The summed E-state index contributed by atoms with van der Waals surface area (Å²) in [6, 6.07) is 42.2. The second-order valence-corrected chi connectivity index (χ2v) is 16.9. The third-order valence-electron chi connectivity index (χ3n) is 13.3. The zero-order chi connectivity index (χ0) is 45.7. The van der Waals surface area contributed by atoms with Crippen molar-refractivity contribution in [2.24, 2.45) is 0 Å². The fourth-order valence-corrected chi connectivity index (χ4v) is 10.3. The van der Waals surface area contributed by atoms with E-state index in [0.29, 0.717) is 62.2 Å². The normalized spacial score (nSPS) is 12.2. The number of rotatable bonds is 8. The molecule has 7 aromatic carbocycles. The smallest absolute Gasteiger partial charge is 0.361 e. The SMILES string of the molecule is COc1cc2ccn3c(c(-c4ccc(OC(=O)c5cccc6c5Cc5ccccc5-6)c(C)c4)c4c5cc(OC)c(OC(=O)c6cccc7c6-c6ccccc6C7)cc5oc(=O)c43)c2cc1OC. The summed E-state index contributed by atoms with van der Waals surface area (Å²) in [6.07, 6.45) is 3.20. The predicted octanol–water partition coefficient (Wildman–Crippen LogP) is 11.9. The molecule has 10 aromatic rings. The molecule has 0 N–H and O–H groups in total. The second kappa shape index (κ2) is 15.2.